The summed E-state index contributed by atoms with van der Waals surface area (Å²) in [6.07, 6.45) is 1.35. The Bertz CT molecular complexity index is 888. The summed E-state index contributed by atoms with van der Waals surface area (Å²) >= 11 is 12.3. The fraction of sp³-hybridized carbons (Fsp3) is 0.105. The summed E-state index contributed by atoms with van der Waals surface area (Å²) in [6.45, 7) is 0.711. The van der Waals surface area contributed by atoms with Crippen molar-refractivity contribution in [1.82, 2.24) is 0 Å². The van der Waals surface area contributed by atoms with Crippen LogP contribution in [0.2, 0.25) is 10.0 Å². The molecule has 5 nitrogen and oxygen atoms in total. The predicted molar refractivity (Wildman–Crippen MR) is 99.0 cm³/mol. The van der Waals surface area contributed by atoms with Gasteiger partial charge in [-0.25, -0.2) is 4.79 Å². The van der Waals surface area contributed by atoms with Crippen molar-refractivity contribution in [3.05, 3.63) is 69.2 Å². The van der Waals surface area contributed by atoms with Crippen LogP contribution in [-0.2, 0) is 9.59 Å². The van der Waals surface area contributed by atoms with Gasteiger partial charge in [0, 0.05) is 5.56 Å². The first kappa shape index (κ1) is 19.7. The first-order valence-corrected chi connectivity index (χ1v) is 8.21. The van der Waals surface area contributed by atoms with E-state index >= 15 is 0 Å². The van der Waals surface area contributed by atoms with Gasteiger partial charge in [-0.05, 0) is 30.7 Å². The largest absolute Gasteiger partial charge is 0.480 e. The van der Waals surface area contributed by atoms with Gasteiger partial charge in [0.25, 0.3) is 0 Å². The van der Waals surface area contributed by atoms with E-state index in [0.29, 0.717) is 11.1 Å². The molecule has 0 aliphatic carbocycles. The molecule has 0 aliphatic heterocycles. The predicted octanol–water partition coefficient (Wildman–Crippen LogP) is 4.31. The lowest BCUT2D eigenvalue weighted by molar-refractivity contribution is -0.139. The Morgan fingerprint density at radius 1 is 1.04 bits per heavy atom. The van der Waals surface area contributed by atoms with Crippen LogP contribution < -0.4 is 4.74 Å². The molecule has 134 valence electrons. The number of ether oxygens (including phenoxy) is 1. The molecule has 0 heterocycles. The van der Waals surface area contributed by atoms with Gasteiger partial charge in [0.15, 0.2) is 18.2 Å². The zero-order valence-corrected chi connectivity index (χ0v) is 15.2. The van der Waals surface area contributed by atoms with E-state index in [1.54, 1.807) is 30.3 Å². The van der Waals surface area contributed by atoms with Gasteiger partial charge in [0.1, 0.15) is 10.8 Å². The maximum atomic E-state index is 12.6. The van der Waals surface area contributed by atoms with Crippen LogP contribution in [0.1, 0.15) is 22.8 Å². The maximum absolute atomic E-state index is 12.6. The number of ketones is 2. The molecule has 0 atom stereocenters. The van der Waals surface area contributed by atoms with Crippen molar-refractivity contribution < 1.29 is 24.2 Å². The highest BCUT2D eigenvalue weighted by molar-refractivity contribution is 6.44. The number of carbonyl (C=O) groups excluding carboxylic acids is 2. The van der Waals surface area contributed by atoms with Crippen LogP contribution in [0.15, 0.2) is 48.0 Å². The Morgan fingerprint density at radius 3 is 2.27 bits per heavy atom. The van der Waals surface area contributed by atoms with Crippen LogP contribution >= 0.6 is 23.2 Å². The lowest BCUT2D eigenvalue weighted by Gasteiger charge is -2.10. The van der Waals surface area contributed by atoms with Gasteiger partial charge in [0.05, 0.1) is 10.6 Å². The second-order valence-corrected chi connectivity index (χ2v) is 6.03. The Balaban J connectivity index is 2.41. The molecule has 0 aromatic heterocycles. The number of carboxylic acids is 1. The van der Waals surface area contributed by atoms with Crippen molar-refractivity contribution in [1.29, 1.82) is 0 Å². The number of hydrogen-bond donors (Lipinski definition) is 1. The highest BCUT2D eigenvalue weighted by atomic mass is 35.5. The fourth-order valence-electron chi connectivity index (χ4n) is 2.14. The third-order valence-corrected chi connectivity index (χ3v) is 4.27. The third kappa shape index (κ3) is 4.71. The molecule has 0 saturated carbocycles. The summed E-state index contributed by atoms with van der Waals surface area (Å²) in [7, 11) is 0. The summed E-state index contributed by atoms with van der Waals surface area (Å²) in [4.78, 5) is 35.1. The van der Waals surface area contributed by atoms with E-state index in [1.807, 2.05) is 0 Å². The number of allylic oxidation sites excluding steroid dienone is 1. The molecular formula is C19H14Cl2O5. The molecular weight excluding hydrogens is 379 g/mol. The summed E-state index contributed by atoms with van der Waals surface area (Å²) in [5, 5.41) is 8.70. The fourth-order valence-corrected chi connectivity index (χ4v) is 2.57. The van der Waals surface area contributed by atoms with Crippen LogP contribution in [0.25, 0.3) is 6.08 Å². The summed E-state index contributed by atoms with van der Waals surface area (Å²) < 4.78 is 5.03. The standard InChI is InChI=1S/C19H14Cl2O5/c1-11(22)14(19(25)12-5-3-2-4-6-12)9-13-7-8-15(18(21)17(13)20)26-10-16(23)24/h2-9H,10H2,1H3,(H,23,24)/b14-9+. The Hall–Kier alpha value is -2.63. The number of Topliss-reactive ketones (excluding diaryl/α,β-unsaturated/α-hetero) is 2. The van der Waals surface area contributed by atoms with Crippen LogP contribution in [-0.4, -0.2) is 29.2 Å². The van der Waals surface area contributed by atoms with Gasteiger partial charge in [-0.1, -0.05) is 53.5 Å². The zero-order chi connectivity index (χ0) is 19.3. The van der Waals surface area contributed by atoms with Gasteiger partial charge < -0.3 is 9.84 Å². The minimum atomic E-state index is -1.16. The van der Waals surface area contributed by atoms with E-state index in [-0.39, 0.29) is 21.4 Å². The van der Waals surface area contributed by atoms with Gasteiger partial charge in [-0.15, -0.1) is 0 Å². The number of carboxylic acid groups (broad SMARTS) is 1. The monoisotopic (exact) mass is 392 g/mol. The highest BCUT2D eigenvalue weighted by Crippen LogP contribution is 2.36. The smallest absolute Gasteiger partial charge is 0.341 e. The maximum Gasteiger partial charge on any atom is 0.341 e. The topological polar surface area (TPSA) is 80.7 Å². The van der Waals surface area contributed by atoms with E-state index in [1.165, 1.54) is 25.1 Å². The van der Waals surface area contributed by atoms with Crippen LogP contribution in [0.3, 0.4) is 0 Å². The average Bonchev–Trinajstić information content (AvgIpc) is 2.62. The number of rotatable bonds is 7. The van der Waals surface area contributed by atoms with E-state index in [9.17, 15) is 14.4 Å². The van der Waals surface area contributed by atoms with E-state index < -0.39 is 24.1 Å². The van der Waals surface area contributed by atoms with Crippen molar-refractivity contribution >= 4 is 46.8 Å². The first-order chi connectivity index (χ1) is 12.3. The number of benzene rings is 2. The zero-order valence-electron chi connectivity index (χ0n) is 13.7. The molecule has 0 unspecified atom stereocenters. The van der Waals surface area contributed by atoms with E-state index in [4.69, 9.17) is 33.0 Å². The number of halogens is 2. The second-order valence-electron chi connectivity index (χ2n) is 5.27. The Kier molecular flexibility index (Phi) is 6.55. The molecule has 26 heavy (non-hydrogen) atoms. The van der Waals surface area contributed by atoms with Crippen LogP contribution in [0.4, 0.5) is 0 Å². The van der Waals surface area contributed by atoms with Gasteiger partial charge >= 0.3 is 5.97 Å². The summed E-state index contributed by atoms with van der Waals surface area (Å²) in [6, 6.07) is 11.3. The molecule has 0 bridgehead atoms. The molecule has 2 aromatic rings. The van der Waals surface area contributed by atoms with Crippen molar-refractivity contribution in [2.75, 3.05) is 6.61 Å². The molecule has 7 heteroatoms. The minimum Gasteiger partial charge on any atom is -0.480 e. The lowest BCUT2D eigenvalue weighted by atomic mass is 9.98. The number of hydrogen-bond acceptors (Lipinski definition) is 4. The lowest BCUT2D eigenvalue weighted by Crippen LogP contribution is -2.11. The molecule has 0 amide bonds. The molecule has 0 spiro atoms. The van der Waals surface area contributed by atoms with Gasteiger partial charge in [-0.2, -0.15) is 0 Å². The van der Waals surface area contributed by atoms with Gasteiger partial charge in [-0.3, -0.25) is 9.59 Å². The second kappa shape index (κ2) is 8.65. The molecule has 2 aromatic carbocycles. The third-order valence-electron chi connectivity index (χ3n) is 3.39. The van der Waals surface area contributed by atoms with Crippen molar-refractivity contribution in [3.8, 4) is 5.75 Å². The molecule has 0 aliphatic rings. The van der Waals surface area contributed by atoms with Gasteiger partial charge in [0.2, 0.25) is 0 Å². The highest BCUT2D eigenvalue weighted by Gasteiger charge is 2.18. The van der Waals surface area contributed by atoms with Crippen molar-refractivity contribution in [2.24, 2.45) is 0 Å². The molecule has 0 fully saturated rings. The van der Waals surface area contributed by atoms with Crippen LogP contribution in [0, 0.1) is 0 Å². The normalized spacial score (nSPS) is 11.1. The molecule has 0 saturated heterocycles. The first-order valence-electron chi connectivity index (χ1n) is 7.46. The van der Waals surface area contributed by atoms with E-state index in [2.05, 4.69) is 0 Å². The number of carbonyl (C=O) groups is 3. The van der Waals surface area contributed by atoms with Crippen LogP contribution in [0.5, 0.6) is 5.75 Å². The van der Waals surface area contributed by atoms with E-state index in [0.717, 1.165) is 0 Å². The summed E-state index contributed by atoms with van der Waals surface area (Å²) in [5.41, 5.74) is 0.666. The Labute approximate surface area is 159 Å². The van der Waals surface area contributed by atoms with Crippen molar-refractivity contribution in [3.63, 3.8) is 0 Å². The summed E-state index contributed by atoms with van der Waals surface area (Å²) in [5.74, 6) is -1.92. The quantitative estimate of drug-likeness (QED) is 0.328. The Morgan fingerprint density at radius 2 is 1.69 bits per heavy atom. The average molecular weight is 393 g/mol. The van der Waals surface area contributed by atoms with Crippen molar-refractivity contribution in [2.45, 2.75) is 6.92 Å². The molecule has 1 N–H and O–H groups in total. The molecule has 0 radical (unpaired) electrons. The molecule has 2 rings (SSSR count). The SMILES string of the molecule is CC(=O)/C(=C\c1ccc(OCC(=O)O)c(Cl)c1Cl)C(=O)c1ccccc1. The number of aliphatic carboxylic acids is 1. The minimum absolute atomic E-state index is 0.00303.